The Hall–Kier alpha value is -3.26. The van der Waals surface area contributed by atoms with Gasteiger partial charge in [0.05, 0.1) is 0 Å². The van der Waals surface area contributed by atoms with Gasteiger partial charge in [0.15, 0.2) is 5.71 Å². The van der Waals surface area contributed by atoms with E-state index in [0.29, 0.717) is 13.8 Å². The summed E-state index contributed by atoms with van der Waals surface area (Å²) < 4.78 is 176. The predicted octanol–water partition coefficient (Wildman–Crippen LogP) is 7.37. The molecule has 0 aliphatic carbocycles. The van der Waals surface area contributed by atoms with Gasteiger partial charge in [-0.25, -0.2) is 4.79 Å². The standard InChI is InChI=1S/C20H15F13N2O3/c1-14(2,37-13(36)38-35-12(10-34)11-6-4-3-5-7-11)8-9-15(21,22)16(23,24)17(25,26)18(27,28)19(29,30)20(31,32)33/h3-7H,8-9H2,1-2H3. The lowest BCUT2D eigenvalue weighted by atomic mass is 9.89. The number of oxime groups is 1. The molecule has 0 aromatic heterocycles. The van der Waals surface area contributed by atoms with Gasteiger partial charge in [-0.05, 0) is 20.3 Å². The second kappa shape index (κ2) is 10.5. The van der Waals surface area contributed by atoms with E-state index in [1.807, 2.05) is 0 Å². The van der Waals surface area contributed by atoms with Gasteiger partial charge in [0.25, 0.3) is 0 Å². The summed E-state index contributed by atoms with van der Waals surface area (Å²) in [7, 11) is 0. The first-order chi connectivity index (χ1) is 16.9. The second-order valence-corrected chi connectivity index (χ2v) is 8.12. The van der Waals surface area contributed by atoms with Crippen molar-refractivity contribution in [1.82, 2.24) is 0 Å². The van der Waals surface area contributed by atoms with Crippen LogP contribution in [0.25, 0.3) is 0 Å². The molecule has 0 saturated heterocycles. The molecule has 0 N–H and O–H groups in total. The molecule has 0 spiro atoms. The number of alkyl halides is 13. The topological polar surface area (TPSA) is 71.7 Å². The summed E-state index contributed by atoms with van der Waals surface area (Å²) in [6.45, 7) is 1.41. The highest BCUT2D eigenvalue weighted by Crippen LogP contribution is 2.60. The molecular formula is C20H15F13N2O3. The fourth-order valence-corrected chi connectivity index (χ4v) is 2.53. The number of nitriles is 1. The Labute approximate surface area is 204 Å². The number of hydrogen-bond acceptors (Lipinski definition) is 5. The number of carbonyl (C=O) groups is 1. The molecular weight excluding hydrogens is 563 g/mol. The van der Waals surface area contributed by atoms with Crippen LogP contribution in [-0.4, -0.2) is 53.3 Å². The quantitative estimate of drug-likeness (QED) is 0.0957. The van der Waals surface area contributed by atoms with E-state index < -0.39 is 66.1 Å². The molecule has 18 heteroatoms. The van der Waals surface area contributed by atoms with Gasteiger partial charge in [-0.15, -0.1) is 0 Å². The van der Waals surface area contributed by atoms with Crippen LogP contribution in [0.15, 0.2) is 35.5 Å². The Kier molecular flexibility index (Phi) is 9.04. The van der Waals surface area contributed by atoms with Crippen molar-refractivity contribution in [2.75, 3.05) is 0 Å². The summed E-state index contributed by atoms with van der Waals surface area (Å²) in [5.41, 5.74) is -2.69. The average molecular weight is 578 g/mol. The van der Waals surface area contributed by atoms with Crippen LogP contribution < -0.4 is 0 Å². The molecule has 214 valence electrons. The molecule has 0 heterocycles. The molecule has 0 aliphatic rings. The van der Waals surface area contributed by atoms with Crippen LogP contribution in [-0.2, 0) is 9.57 Å². The van der Waals surface area contributed by atoms with Gasteiger partial charge in [-0.2, -0.15) is 62.3 Å². The Morgan fingerprint density at radius 1 is 0.789 bits per heavy atom. The monoisotopic (exact) mass is 578 g/mol. The van der Waals surface area contributed by atoms with Crippen molar-refractivity contribution in [3.8, 4) is 6.07 Å². The van der Waals surface area contributed by atoms with E-state index in [0.717, 1.165) is 0 Å². The van der Waals surface area contributed by atoms with Crippen molar-refractivity contribution < 1.29 is 71.4 Å². The summed E-state index contributed by atoms with van der Waals surface area (Å²) in [5.74, 6) is -37.5. The lowest BCUT2D eigenvalue weighted by Gasteiger charge is -2.40. The second-order valence-electron chi connectivity index (χ2n) is 8.12. The van der Waals surface area contributed by atoms with Crippen molar-refractivity contribution in [3.05, 3.63) is 35.9 Å². The van der Waals surface area contributed by atoms with Gasteiger partial charge >= 0.3 is 41.9 Å². The van der Waals surface area contributed by atoms with Gasteiger partial charge in [-0.1, -0.05) is 35.5 Å². The van der Waals surface area contributed by atoms with Crippen molar-refractivity contribution in [1.29, 1.82) is 5.26 Å². The minimum absolute atomic E-state index is 0.137. The zero-order valence-electron chi connectivity index (χ0n) is 18.8. The summed E-state index contributed by atoms with van der Waals surface area (Å²) in [6, 6.07) is 8.70. The third-order valence-corrected chi connectivity index (χ3v) is 4.76. The summed E-state index contributed by atoms with van der Waals surface area (Å²) in [5, 5.41) is 12.1. The molecule has 38 heavy (non-hydrogen) atoms. The smallest absolute Gasteiger partial charge is 0.427 e. The molecule has 0 atom stereocenters. The van der Waals surface area contributed by atoms with Crippen LogP contribution in [0, 0.1) is 11.3 Å². The molecule has 0 bridgehead atoms. The third kappa shape index (κ3) is 6.23. The fraction of sp³-hybridized carbons (Fsp3) is 0.550. The molecule has 0 aliphatic heterocycles. The van der Waals surface area contributed by atoms with E-state index in [4.69, 9.17) is 5.26 Å². The van der Waals surface area contributed by atoms with Crippen molar-refractivity contribution >= 4 is 11.9 Å². The van der Waals surface area contributed by atoms with Crippen LogP contribution >= 0.6 is 0 Å². The van der Waals surface area contributed by atoms with Gasteiger partial charge < -0.3 is 4.74 Å². The lowest BCUT2D eigenvalue weighted by Crippen LogP contribution is -2.70. The number of nitrogens with zero attached hydrogens (tertiary/aromatic N) is 2. The first-order valence-electron chi connectivity index (χ1n) is 9.77. The number of benzene rings is 1. The molecule has 0 amide bonds. The summed E-state index contributed by atoms with van der Waals surface area (Å²) >= 11 is 0. The zero-order chi connectivity index (χ0) is 30.0. The Morgan fingerprint density at radius 3 is 1.71 bits per heavy atom. The highest BCUT2D eigenvalue weighted by atomic mass is 19.4. The highest BCUT2D eigenvalue weighted by molar-refractivity contribution is 6.11. The van der Waals surface area contributed by atoms with E-state index in [9.17, 15) is 61.9 Å². The molecule has 0 radical (unpaired) electrons. The number of hydrogen-bond donors (Lipinski definition) is 0. The van der Waals surface area contributed by atoms with Gasteiger partial charge in [0.1, 0.15) is 11.7 Å². The summed E-state index contributed by atoms with van der Waals surface area (Å²) in [4.78, 5) is 15.9. The SMILES string of the molecule is CC(C)(CCC(F)(F)C(F)(F)C(F)(F)C(F)(F)C(F)(F)C(F)(F)F)OC(=O)ON=C(C#N)c1ccccc1. The zero-order valence-corrected chi connectivity index (χ0v) is 18.8. The van der Waals surface area contributed by atoms with E-state index in [2.05, 4.69) is 14.7 Å². The largest absolute Gasteiger partial charge is 0.535 e. The van der Waals surface area contributed by atoms with Crippen molar-refractivity contribution in [3.63, 3.8) is 0 Å². The van der Waals surface area contributed by atoms with Crippen LogP contribution in [0.4, 0.5) is 61.9 Å². The fourth-order valence-electron chi connectivity index (χ4n) is 2.53. The maximum Gasteiger partial charge on any atom is 0.535 e. The maximum atomic E-state index is 13.9. The van der Waals surface area contributed by atoms with Gasteiger partial charge in [-0.3, -0.25) is 4.84 Å². The van der Waals surface area contributed by atoms with Gasteiger partial charge in [0.2, 0.25) is 0 Å². The number of halogens is 13. The van der Waals surface area contributed by atoms with Crippen LogP contribution in [0.5, 0.6) is 0 Å². The normalized spacial score (nSPS) is 14.6. The van der Waals surface area contributed by atoms with Crippen molar-refractivity contribution in [2.24, 2.45) is 5.16 Å². The number of carbonyl (C=O) groups excluding carboxylic acids is 1. The molecule has 1 aromatic rings. The molecule has 0 saturated carbocycles. The van der Waals surface area contributed by atoms with Crippen LogP contribution in [0.1, 0.15) is 32.3 Å². The van der Waals surface area contributed by atoms with Crippen LogP contribution in [0.2, 0.25) is 0 Å². The minimum atomic E-state index is -8.00. The molecule has 1 rings (SSSR count). The number of rotatable bonds is 10. The highest BCUT2D eigenvalue weighted by Gasteiger charge is 2.90. The number of ether oxygens (including phenoxy) is 1. The van der Waals surface area contributed by atoms with E-state index in [1.165, 1.54) is 30.3 Å². The Bertz CT molecular complexity index is 1060. The molecule has 1 aromatic carbocycles. The Morgan fingerprint density at radius 2 is 1.26 bits per heavy atom. The Balaban J connectivity index is 3.04. The summed E-state index contributed by atoms with van der Waals surface area (Å²) in [6.07, 6.45) is -13.5. The van der Waals surface area contributed by atoms with E-state index in [-0.39, 0.29) is 5.56 Å². The first kappa shape index (κ1) is 32.8. The van der Waals surface area contributed by atoms with Crippen molar-refractivity contribution in [2.45, 2.75) is 68.1 Å². The third-order valence-electron chi connectivity index (χ3n) is 4.76. The molecule has 0 unspecified atom stereocenters. The maximum absolute atomic E-state index is 13.9. The lowest BCUT2D eigenvalue weighted by molar-refractivity contribution is -0.440. The average Bonchev–Trinajstić information content (AvgIpc) is 2.77. The molecule has 0 fully saturated rings. The molecule has 5 nitrogen and oxygen atoms in total. The predicted molar refractivity (Wildman–Crippen MR) is 100 cm³/mol. The van der Waals surface area contributed by atoms with E-state index in [1.54, 1.807) is 6.07 Å². The minimum Gasteiger partial charge on any atom is -0.427 e. The van der Waals surface area contributed by atoms with Crippen LogP contribution in [0.3, 0.4) is 0 Å². The van der Waals surface area contributed by atoms with Gasteiger partial charge in [0, 0.05) is 12.0 Å². The van der Waals surface area contributed by atoms with E-state index >= 15 is 0 Å². The first-order valence-corrected chi connectivity index (χ1v) is 9.77.